The number of carboxylic acids is 1. The van der Waals surface area contributed by atoms with Crippen molar-refractivity contribution in [2.24, 2.45) is 22.2 Å². The van der Waals surface area contributed by atoms with Crippen molar-refractivity contribution in [3.05, 3.63) is 63.3 Å². The van der Waals surface area contributed by atoms with E-state index in [1.54, 1.807) is 20.4 Å². The fraction of sp³-hybridized carbons (Fsp3) is 0.567. The van der Waals surface area contributed by atoms with Crippen LogP contribution < -0.4 is 5.43 Å². The lowest BCUT2D eigenvalue weighted by Crippen LogP contribution is -2.34. The van der Waals surface area contributed by atoms with Crippen molar-refractivity contribution in [1.82, 2.24) is 4.57 Å². The SMILES string of the molecule is CCC(C)/C(=C1/C=CC=C(OC)C1=NC)c1cc(=O)c(C(=O)O)cn1C(CC)C(C)(C)CC1CCC1. The highest BCUT2D eigenvalue weighted by Crippen LogP contribution is 2.46. The first kappa shape index (κ1) is 27.7. The Bertz CT molecular complexity index is 1160. The van der Waals surface area contributed by atoms with E-state index in [4.69, 9.17) is 4.74 Å². The van der Waals surface area contributed by atoms with Crippen LogP contribution in [-0.2, 0) is 4.74 Å². The van der Waals surface area contributed by atoms with Gasteiger partial charge in [-0.2, -0.15) is 0 Å². The molecular formula is C30H42N2O4. The number of ether oxygens (including phenoxy) is 1. The van der Waals surface area contributed by atoms with Gasteiger partial charge in [0.15, 0.2) is 5.43 Å². The number of carbonyl (C=O) groups is 1. The summed E-state index contributed by atoms with van der Waals surface area (Å²) >= 11 is 0. The predicted molar refractivity (Wildman–Crippen MR) is 147 cm³/mol. The number of pyridine rings is 1. The van der Waals surface area contributed by atoms with Gasteiger partial charge < -0.3 is 14.4 Å². The van der Waals surface area contributed by atoms with Gasteiger partial charge in [0.05, 0.1) is 7.11 Å². The molecule has 0 spiro atoms. The molecule has 0 bridgehead atoms. The number of carboxylic acid groups (broad SMARTS) is 1. The van der Waals surface area contributed by atoms with Gasteiger partial charge in [0.25, 0.3) is 0 Å². The molecule has 6 nitrogen and oxygen atoms in total. The summed E-state index contributed by atoms with van der Waals surface area (Å²) < 4.78 is 7.70. The molecular weight excluding hydrogens is 452 g/mol. The Balaban J connectivity index is 2.34. The first-order valence-corrected chi connectivity index (χ1v) is 13.2. The maximum atomic E-state index is 13.1. The van der Waals surface area contributed by atoms with Crippen molar-refractivity contribution >= 4 is 17.3 Å². The third kappa shape index (κ3) is 5.42. The number of aromatic nitrogens is 1. The summed E-state index contributed by atoms with van der Waals surface area (Å²) in [4.78, 5) is 29.7. The molecule has 0 aliphatic heterocycles. The molecule has 2 atom stereocenters. The highest BCUT2D eigenvalue weighted by atomic mass is 16.5. The molecule has 0 amide bonds. The summed E-state index contributed by atoms with van der Waals surface area (Å²) in [6.45, 7) is 11.0. The summed E-state index contributed by atoms with van der Waals surface area (Å²) in [5.41, 5.74) is 2.67. The molecule has 1 aromatic heterocycles. The molecule has 0 aromatic carbocycles. The number of methoxy groups -OCH3 is 1. The minimum atomic E-state index is -1.19. The van der Waals surface area contributed by atoms with Crippen LogP contribution in [0.4, 0.5) is 0 Å². The van der Waals surface area contributed by atoms with E-state index in [1.165, 1.54) is 25.3 Å². The summed E-state index contributed by atoms with van der Waals surface area (Å²) in [5, 5.41) is 9.84. The summed E-state index contributed by atoms with van der Waals surface area (Å²) in [5.74, 6) is 0.288. The van der Waals surface area contributed by atoms with E-state index < -0.39 is 11.4 Å². The maximum absolute atomic E-state index is 13.1. The number of aliphatic imine (C=N–C) groups is 1. The summed E-state index contributed by atoms with van der Waals surface area (Å²) in [7, 11) is 3.37. The lowest BCUT2D eigenvalue weighted by molar-refractivity contribution is 0.0692. The maximum Gasteiger partial charge on any atom is 0.341 e. The third-order valence-electron chi connectivity index (χ3n) is 8.09. The Kier molecular flexibility index (Phi) is 8.80. The molecule has 1 saturated carbocycles. The van der Waals surface area contributed by atoms with E-state index in [1.807, 2.05) is 18.2 Å². The lowest BCUT2D eigenvalue weighted by Gasteiger charge is -2.42. The minimum absolute atomic E-state index is 0.0264. The number of aromatic carboxylic acids is 1. The monoisotopic (exact) mass is 494 g/mol. The molecule has 2 aliphatic carbocycles. The molecule has 36 heavy (non-hydrogen) atoms. The average molecular weight is 495 g/mol. The van der Waals surface area contributed by atoms with Crippen LogP contribution in [0.3, 0.4) is 0 Å². The zero-order valence-electron chi connectivity index (χ0n) is 22.9. The highest BCUT2D eigenvalue weighted by Gasteiger charge is 2.36. The van der Waals surface area contributed by atoms with Gasteiger partial charge in [-0.3, -0.25) is 9.79 Å². The molecule has 0 saturated heterocycles. The molecule has 2 unspecified atom stereocenters. The normalized spacial score (nSPS) is 20.5. The van der Waals surface area contributed by atoms with Crippen molar-refractivity contribution in [2.75, 3.05) is 14.2 Å². The molecule has 1 heterocycles. The smallest absolute Gasteiger partial charge is 0.341 e. The second kappa shape index (κ2) is 11.4. The standard InChI is InChI=1S/C30H42N2O4/c1-8-19(3)27(21-14-11-15-25(36-7)28(21)31-6)23-16-24(33)22(29(34)35)18-32(23)26(9-2)30(4,5)17-20-12-10-13-20/h11,14-16,18-20,26H,8-10,12-13,17H2,1-7H3,(H,34,35)/b27-21+,31-28?. The molecule has 1 aromatic rings. The number of rotatable bonds is 10. The quantitative estimate of drug-likeness (QED) is 0.393. The summed E-state index contributed by atoms with van der Waals surface area (Å²) in [6.07, 6.45) is 14.0. The number of hydrogen-bond donors (Lipinski definition) is 1. The van der Waals surface area contributed by atoms with Crippen LogP contribution in [0.1, 0.15) is 95.2 Å². The molecule has 3 rings (SSSR count). The molecule has 1 N–H and O–H groups in total. The lowest BCUT2D eigenvalue weighted by atomic mass is 9.69. The second-order valence-corrected chi connectivity index (χ2v) is 10.9. The van der Waals surface area contributed by atoms with Gasteiger partial charge >= 0.3 is 5.97 Å². The largest absolute Gasteiger partial charge is 0.494 e. The Hall–Kier alpha value is -2.89. The summed E-state index contributed by atoms with van der Waals surface area (Å²) in [6, 6.07) is 1.56. The first-order chi connectivity index (χ1) is 17.1. The number of hydrogen-bond acceptors (Lipinski definition) is 4. The van der Waals surface area contributed by atoms with Crippen LogP contribution in [-0.4, -0.2) is 35.5 Å². The fourth-order valence-corrected chi connectivity index (χ4v) is 5.88. The van der Waals surface area contributed by atoms with Crippen LogP contribution in [0.25, 0.3) is 5.57 Å². The zero-order valence-corrected chi connectivity index (χ0v) is 22.9. The predicted octanol–water partition coefficient (Wildman–Crippen LogP) is 6.68. The van der Waals surface area contributed by atoms with E-state index in [2.05, 4.69) is 44.2 Å². The Morgan fingerprint density at radius 1 is 1.28 bits per heavy atom. The van der Waals surface area contributed by atoms with Gasteiger partial charge in [-0.05, 0) is 48.2 Å². The number of nitrogens with zero attached hydrogens (tertiary/aromatic N) is 2. The minimum Gasteiger partial charge on any atom is -0.494 e. The van der Waals surface area contributed by atoms with Crippen molar-refractivity contribution in [2.45, 2.75) is 79.2 Å². The van der Waals surface area contributed by atoms with Crippen molar-refractivity contribution < 1.29 is 14.6 Å². The fourth-order valence-electron chi connectivity index (χ4n) is 5.88. The van der Waals surface area contributed by atoms with E-state index >= 15 is 0 Å². The Labute approximate surface area is 215 Å². The molecule has 2 aliphatic rings. The molecule has 1 fully saturated rings. The van der Waals surface area contributed by atoms with Crippen molar-refractivity contribution in [3.8, 4) is 0 Å². The zero-order chi connectivity index (χ0) is 26.6. The highest BCUT2D eigenvalue weighted by molar-refractivity contribution is 6.18. The third-order valence-corrected chi connectivity index (χ3v) is 8.09. The second-order valence-electron chi connectivity index (χ2n) is 10.9. The van der Waals surface area contributed by atoms with Crippen LogP contribution in [0, 0.1) is 17.3 Å². The van der Waals surface area contributed by atoms with Gasteiger partial charge in [0.2, 0.25) is 0 Å². The van der Waals surface area contributed by atoms with E-state index in [9.17, 15) is 14.7 Å². The van der Waals surface area contributed by atoms with Gasteiger partial charge in [0, 0.05) is 36.6 Å². The van der Waals surface area contributed by atoms with Gasteiger partial charge in [-0.25, -0.2) is 4.79 Å². The van der Waals surface area contributed by atoms with E-state index in [0.717, 1.165) is 41.8 Å². The van der Waals surface area contributed by atoms with Gasteiger partial charge in [-0.1, -0.05) is 66.0 Å². The molecule has 196 valence electrons. The van der Waals surface area contributed by atoms with E-state index in [-0.39, 0.29) is 22.9 Å². The van der Waals surface area contributed by atoms with Crippen LogP contribution >= 0.6 is 0 Å². The average Bonchev–Trinajstić information content (AvgIpc) is 2.82. The first-order valence-electron chi connectivity index (χ1n) is 13.2. The molecule has 0 radical (unpaired) electrons. The van der Waals surface area contributed by atoms with Gasteiger partial charge in [0.1, 0.15) is 17.0 Å². The van der Waals surface area contributed by atoms with Crippen molar-refractivity contribution in [1.29, 1.82) is 0 Å². The number of allylic oxidation sites excluding steroid dienone is 5. The van der Waals surface area contributed by atoms with Crippen molar-refractivity contribution in [3.63, 3.8) is 0 Å². The Morgan fingerprint density at radius 3 is 2.47 bits per heavy atom. The van der Waals surface area contributed by atoms with Crippen LogP contribution in [0.2, 0.25) is 0 Å². The molecule has 6 heteroatoms. The Morgan fingerprint density at radius 2 is 1.97 bits per heavy atom. The van der Waals surface area contributed by atoms with Crippen LogP contribution in [0.15, 0.2) is 51.6 Å². The van der Waals surface area contributed by atoms with Gasteiger partial charge in [-0.15, -0.1) is 0 Å². The van der Waals surface area contributed by atoms with E-state index in [0.29, 0.717) is 11.7 Å². The van der Waals surface area contributed by atoms with Crippen LogP contribution in [0.5, 0.6) is 0 Å². The topological polar surface area (TPSA) is 80.9 Å².